The van der Waals surface area contributed by atoms with Crippen molar-refractivity contribution in [2.24, 2.45) is 5.92 Å². The maximum Gasteiger partial charge on any atom is 0.309 e. The van der Waals surface area contributed by atoms with Crippen molar-refractivity contribution in [2.45, 2.75) is 12.8 Å². The summed E-state index contributed by atoms with van der Waals surface area (Å²) < 4.78 is 5.12. The fourth-order valence-corrected chi connectivity index (χ4v) is 3.92. The van der Waals surface area contributed by atoms with Crippen molar-refractivity contribution in [1.82, 2.24) is 4.90 Å². The first-order chi connectivity index (χ1) is 14.0. The Hall–Kier alpha value is -2.89. The fourth-order valence-electron chi connectivity index (χ4n) is 3.01. The number of benzene rings is 1. The Balaban J connectivity index is 1.43. The van der Waals surface area contributed by atoms with E-state index in [9.17, 15) is 14.4 Å². The van der Waals surface area contributed by atoms with Crippen LogP contribution >= 0.6 is 22.9 Å². The van der Waals surface area contributed by atoms with Gasteiger partial charge in [0.15, 0.2) is 6.61 Å². The van der Waals surface area contributed by atoms with Gasteiger partial charge in [-0.15, -0.1) is 11.3 Å². The minimum Gasteiger partial charge on any atom is -0.455 e. The van der Waals surface area contributed by atoms with E-state index in [0.29, 0.717) is 42.1 Å². The van der Waals surface area contributed by atoms with Crippen LogP contribution in [0.15, 0.2) is 35.7 Å². The van der Waals surface area contributed by atoms with E-state index in [1.54, 1.807) is 17.0 Å². The lowest BCUT2D eigenvalue weighted by atomic mass is 9.97. The first-order valence-corrected chi connectivity index (χ1v) is 10.2. The number of nitrogens with one attached hydrogen (secondary N) is 1. The third-order valence-electron chi connectivity index (χ3n) is 4.57. The van der Waals surface area contributed by atoms with E-state index in [1.165, 1.54) is 23.5 Å². The normalized spacial score (nSPS) is 14.1. The molecule has 29 heavy (non-hydrogen) atoms. The molecule has 1 aliphatic rings. The number of carbonyl (C=O) groups is 3. The van der Waals surface area contributed by atoms with Gasteiger partial charge in [0.05, 0.1) is 21.4 Å². The molecule has 1 aromatic heterocycles. The average molecular weight is 432 g/mol. The molecule has 0 radical (unpaired) electrons. The van der Waals surface area contributed by atoms with Gasteiger partial charge >= 0.3 is 5.97 Å². The molecule has 0 atom stereocenters. The molecule has 1 aliphatic heterocycles. The molecule has 1 saturated heterocycles. The number of rotatable bonds is 5. The quantitative estimate of drug-likeness (QED) is 0.732. The number of piperidine rings is 1. The fraction of sp³-hybridized carbons (Fsp3) is 0.300. The maximum atomic E-state index is 12.3. The zero-order valence-electron chi connectivity index (χ0n) is 15.4. The Kier molecular flexibility index (Phi) is 6.86. The van der Waals surface area contributed by atoms with Crippen molar-refractivity contribution in [3.8, 4) is 6.07 Å². The SMILES string of the molecule is N#Cc1ccc(NC(=O)COC(=O)C2CCN(C(=O)c3cccs3)CC2)cc1Cl. The smallest absolute Gasteiger partial charge is 0.309 e. The molecular formula is C20H18ClN3O4S. The van der Waals surface area contributed by atoms with Gasteiger partial charge in [0.25, 0.3) is 11.8 Å². The van der Waals surface area contributed by atoms with Gasteiger partial charge in [-0.05, 0) is 42.5 Å². The predicted molar refractivity (Wildman–Crippen MR) is 109 cm³/mol. The van der Waals surface area contributed by atoms with E-state index in [2.05, 4.69) is 5.32 Å². The topological polar surface area (TPSA) is 99.5 Å². The minimum atomic E-state index is -0.496. The standard InChI is InChI=1S/C20H18ClN3O4S/c21-16-10-15(4-3-14(16)11-22)23-18(25)12-28-20(27)13-5-7-24(8-6-13)19(26)17-2-1-9-29-17/h1-4,9-10,13H,5-8,12H2,(H,23,25). The number of likely N-dealkylation sites (tertiary alicyclic amines) is 1. The molecular weight excluding hydrogens is 414 g/mol. The van der Waals surface area contributed by atoms with E-state index in [4.69, 9.17) is 21.6 Å². The van der Waals surface area contributed by atoms with E-state index >= 15 is 0 Å². The Bertz CT molecular complexity index is 947. The van der Waals surface area contributed by atoms with Crippen molar-refractivity contribution in [3.05, 3.63) is 51.2 Å². The monoisotopic (exact) mass is 431 g/mol. The molecule has 0 spiro atoms. The van der Waals surface area contributed by atoms with Gasteiger partial charge in [-0.25, -0.2) is 0 Å². The molecule has 0 bridgehead atoms. The summed E-state index contributed by atoms with van der Waals surface area (Å²) in [5.74, 6) is -1.29. The summed E-state index contributed by atoms with van der Waals surface area (Å²) in [6.45, 7) is 0.545. The molecule has 9 heteroatoms. The maximum absolute atomic E-state index is 12.3. The highest BCUT2D eigenvalue weighted by molar-refractivity contribution is 7.12. The number of hydrogen-bond donors (Lipinski definition) is 1. The van der Waals surface area contributed by atoms with Crippen molar-refractivity contribution in [3.63, 3.8) is 0 Å². The zero-order valence-corrected chi connectivity index (χ0v) is 17.0. The second-order valence-electron chi connectivity index (χ2n) is 6.51. The number of amides is 2. The molecule has 150 valence electrons. The number of ether oxygens (including phenoxy) is 1. The largest absolute Gasteiger partial charge is 0.455 e. The van der Waals surface area contributed by atoms with Crippen molar-refractivity contribution < 1.29 is 19.1 Å². The van der Waals surface area contributed by atoms with E-state index in [1.807, 2.05) is 17.5 Å². The van der Waals surface area contributed by atoms with Crippen LogP contribution < -0.4 is 5.32 Å². The van der Waals surface area contributed by atoms with Crippen LogP contribution in [0.25, 0.3) is 0 Å². The van der Waals surface area contributed by atoms with Crippen LogP contribution in [0.4, 0.5) is 5.69 Å². The van der Waals surface area contributed by atoms with E-state index in [-0.39, 0.29) is 16.8 Å². The molecule has 3 rings (SSSR count). The Morgan fingerprint density at radius 2 is 2.03 bits per heavy atom. The molecule has 2 aromatic rings. The van der Waals surface area contributed by atoms with Crippen LogP contribution in [0.2, 0.25) is 5.02 Å². The molecule has 0 saturated carbocycles. The summed E-state index contributed by atoms with van der Waals surface area (Å²) in [4.78, 5) is 39.0. The van der Waals surface area contributed by atoms with Crippen LogP contribution in [-0.4, -0.2) is 42.4 Å². The number of halogens is 1. The third kappa shape index (κ3) is 5.34. The van der Waals surface area contributed by atoms with Gasteiger partial charge in [0, 0.05) is 18.8 Å². The second-order valence-corrected chi connectivity index (χ2v) is 7.86. The van der Waals surface area contributed by atoms with Crippen LogP contribution in [0.5, 0.6) is 0 Å². The number of nitrogens with zero attached hydrogens (tertiary/aromatic N) is 2. The summed E-state index contributed by atoms with van der Waals surface area (Å²) in [7, 11) is 0. The molecule has 1 N–H and O–H groups in total. The predicted octanol–water partition coefficient (Wildman–Crippen LogP) is 3.31. The van der Waals surface area contributed by atoms with Crippen LogP contribution in [0.3, 0.4) is 0 Å². The van der Waals surface area contributed by atoms with Crippen LogP contribution in [0.1, 0.15) is 28.1 Å². The lowest BCUT2D eigenvalue weighted by Crippen LogP contribution is -2.40. The second kappa shape index (κ2) is 9.54. The van der Waals surface area contributed by atoms with E-state index < -0.39 is 18.5 Å². The highest BCUT2D eigenvalue weighted by Gasteiger charge is 2.29. The van der Waals surface area contributed by atoms with Crippen LogP contribution in [-0.2, 0) is 14.3 Å². The molecule has 0 aliphatic carbocycles. The summed E-state index contributed by atoms with van der Waals surface area (Å²) in [6.07, 6.45) is 1.01. The zero-order chi connectivity index (χ0) is 20.8. The highest BCUT2D eigenvalue weighted by atomic mass is 35.5. The summed E-state index contributed by atoms with van der Waals surface area (Å²) in [5, 5.41) is 13.5. The van der Waals surface area contributed by atoms with E-state index in [0.717, 1.165) is 0 Å². The van der Waals surface area contributed by atoms with Gasteiger partial charge < -0.3 is 15.0 Å². The van der Waals surface area contributed by atoms with Gasteiger partial charge in [-0.1, -0.05) is 17.7 Å². The first-order valence-electron chi connectivity index (χ1n) is 8.97. The molecule has 2 amide bonds. The Morgan fingerprint density at radius 1 is 1.28 bits per heavy atom. The third-order valence-corrected chi connectivity index (χ3v) is 5.74. The summed E-state index contributed by atoms with van der Waals surface area (Å²) in [6, 6.07) is 10.0. The van der Waals surface area contributed by atoms with Crippen molar-refractivity contribution in [2.75, 3.05) is 25.0 Å². The number of carbonyl (C=O) groups excluding carboxylic acids is 3. The van der Waals surface area contributed by atoms with Gasteiger partial charge in [0.2, 0.25) is 0 Å². The van der Waals surface area contributed by atoms with Gasteiger partial charge in [-0.3, -0.25) is 14.4 Å². The Labute approximate surface area is 176 Å². The first kappa shape index (κ1) is 20.8. The molecule has 0 unspecified atom stereocenters. The lowest BCUT2D eigenvalue weighted by molar-refractivity contribution is -0.152. The number of hydrogen-bond acceptors (Lipinski definition) is 6. The lowest BCUT2D eigenvalue weighted by Gasteiger charge is -2.30. The molecule has 1 fully saturated rings. The van der Waals surface area contributed by atoms with Gasteiger partial charge in [0.1, 0.15) is 6.07 Å². The number of esters is 1. The van der Waals surface area contributed by atoms with Crippen molar-refractivity contribution in [1.29, 1.82) is 5.26 Å². The number of anilines is 1. The average Bonchev–Trinajstić information content (AvgIpc) is 3.26. The molecule has 2 heterocycles. The molecule has 7 nitrogen and oxygen atoms in total. The number of nitriles is 1. The molecule has 1 aromatic carbocycles. The highest BCUT2D eigenvalue weighted by Crippen LogP contribution is 2.22. The van der Waals surface area contributed by atoms with Gasteiger partial charge in [-0.2, -0.15) is 5.26 Å². The Morgan fingerprint density at radius 3 is 2.66 bits per heavy atom. The van der Waals surface area contributed by atoms with Crippen molar-refractivity contribution >= 4 is 46.4 Å². The van der Waals surface area contributed by atoms with Crippen LogP contribution in [0, 0.1) is 17.2 Å². The summed E-state index contributed by atoms with van der Waals surface area (Å²) in [5.41, 5.74) is 0.718. The minimum absolute atomic E-state index is 0.0210. The number of thiophene rings is 1. The summed E-state index contributed by atoms with van der Waals surface area (Å²) >= 11 is 7.32.